The lowest BCUT2D eigenvalue weighted by Gasteiger charge is -2.32. The number of benzene rings is 2. The van der Waals surface area contributed by atoms with Crippen LogP contribution in [0.3, 0.4) is 0 Å². The standard InChI is InChI=1S/C24H31N3O.HI/c1-17-10-12-19(13-11-17)23-20(9-6-14-28-23)16-26-24(25-2)27-22-15-21(22)18-7-4-3-5-8-18;/h3-5,7-8,10-13,20-23H,6,9,14-16H2,1-2H3,(H2,25,26,27);1H. The molecule has 1 aliphatic heterocycles. The minimum atomic E-state index is 0. The van der Waals surface area contributed by atoms with E-state index in [0.717, 1.165) is 25.5 Å². The molecular weight excluding hydrogens is 473 g/mol. The Morgan fingerprint density at radius 3 is 2.55 bits per heavy atom. The van der Waals surface area contributed by atoms with Crippen molar-refractivity contribution in [1.82, 2.24) is 10.6 Å². The molecule has 2 aromatic carbocycles. The number of hydrogen-bond acceptors (Lipinski definition) is 2. The number of nitrogens with one attached hydrogen (secondary N) is 2. The number of nitrogens with zero attached hydrogens (tertiary/aromatic N) is 1. The lowest BCUT2D eigenvalue weighted by atomic mass is 9.89. The highest BCUT2D eigenvalue weighted by Crippen LogP contribution is 2.40. The number of halogens is 1. The fourth-order valence-electron chi connectivity index (χ4n) is 4.20. The number of aliphatic imine (C=N–C) groups is 1. The fraction of sp³-hybridized carbons (Fsp3) is 0.458. The van der Waals surface area contributed by atoms with Crippen LogP contribution in [0.2, 0.25) is 0 Å². The predicted octanol–water partition coefficient (Wildman–Crippen LogP) is 4.80. The van der Waals surface area contributed by atoms with Gasteiger partial charge in [-0.1, -0.05) is 60.2 Å². The maximum absolute atomic E-state index is 6.15. The summed E-state index contributed by atoms with van der Waals surface area (Å²) in [5.74, 6) is 1.95. The summed E-state index contributed by atoms with van der Waals surface area (Å²) in [5.41, 5.74) is 3.98. The van der Waals surface area contributed by atoms with Gasteiger partial charge in [0.15, 0.2) is 5.96 Å². The van der Waals surface area contributed by atoms with Crippen molar-refractivity contribution in [2.24, 2.45) is 10.9 Å². The van der Waals surface area contributed by atoms with Gasteiger partial charge in [0, 0.05) is 38.1 Å². The van der Waals surface area contributed by atoms with E-state index >= 15 is 0 Å². The number of ether oxygens (including phenoxy) is 1. The Balaban J connectivity index is 0.00000240. The molecule has 1 saturated carbocycles. The first kappa shape index (κ1) is 22.1. The average molecular weight is 505 g/mol. The van der Waals surface area contributed by atoms with Gasteiger partial charge in [-0.2, -0.15) is 0 Å². The summed E-state index contributed by atoms with van der Waals surface area (Å²) in [5, 5.41) is 7.14. The van der Waals surface area contributed by atoms with E-state index < -0.39 is 0 Å². The molecule has 29 heavy (non-hydrogen) atoms. The van der Waals surface area contributed by atoms with E-state index in [0.29, 0.717) is 17.9 Å². The Bertz CT molecular complexity index is 794. The summed E-state index contributed by atoms with van der Waals surface area (Å²) < 4.78 is 6.15. The Hall–Kier alpha value is -1.60. The van der Waals surface area contributed by atoms with Gasteiger partial charge < -0.3 is 15.4 Å². The van der Waals surface area contributed by atoms with E-state index in [-0.39, 0.29) is 30.1 Å². The Morgan fingerprint density at radius 1 is 1.07 bits per heavy atom. The quantitative estimate of drug-likeness (QED) is 0.349. The summed E-state index contributed by atoms with van der Waals surface area (Å²) in [6.45, 7) is 3.85. The van der Waals surface area contributed by atoms with Crippen LogP contribution in [-0.2, 0) is 4.74 Å². The summed E-state index contributed by atoms with van der Waals surface area (Å²) in [6, 6.07) is 20.0. The van der Waals surface area contributed by atoms with Crippen molar-refractivity contribution < 1.29 is 4.74 Å². The highest BCUT2D eigenvalue weighted by Gasteiger charge is 2.39. The second-order valence-electron chi connectivity index (χ2n) is 8.06. The van der Waals surface area contributed by atoms with Gasteiger partial charge in [-0.25, -0.2) is 0 Å². The molecular formula is C24H32IN3O. The first-order valence-electron chi connectivity index (χ1n) is 10.4. The smallest absolute Gasteiger partial charge is 0.191 e. The Labute approximate surface area is 191 Å². The molecule has 156 valence electrons. The van der Waals surface area contributed by atoms with E-state index in [2.05, 4.69) is 77.1 Å². The molecule has 2 N–H and O–H groups in total. The van der Waals surface area contributed by atoms with Crippen LogP contribution in [0.1, 0.15) is 48.0 Å². The van der Waals surface area contributed by atoms with Gasteiger partial charge in [0.25, 0.3) is 0 Å². The number of rotatable bonds is 5. The molecule has 0 bridgehead atoms. The van der Waals surface area contributed by atoms with Crippen LogP contribution in [-0.4, -0.2) is 32.2 Å². The van der Waals surface area contributed by atoms with Crippen LogP contribution < -0.4 is 10.6 Å². The van der Waals surface area contributed by atoms with Gasteiger partial charge in [0.2, 0.25) is 0 Å². The topological polar surface area (TPSA) is 45.7 Å². The highest BCUT2D eigenvalue weighted by atomic mass is 127. The molecule has 2 aromatic rings. The molecule has 0 radical (unpaired) electrons. The van der Waals surface area contributed by atoms with Crippen molar-refractivity contribution in [2.45, 2.75) is 44.2 Å². The zero-order chi connectivity index (χ0) is 19.3. The third kappa shape index (κ3) is 5.72. The van der Waals surface area contributed by atoms with Crippen LogP contribution in [0, 0.1) is 12.8 Å². The van der Waals surface area contributed by atoms with Crippen molar-refractivity contribution in [3.8, 4) is 0 Å². The fourth-order valence-corrected chi connectivity index (χ4v) is 4.20. The summed E-state index contributed by atoms with van der Waals surface area (Å²) in [7, 11) is 1.85. The molecule has 1 aliphatic carbocycles. The van der Waals surface area contributed by atoms with Crippen LogP contribution in [0.4, 0.5) is 0 Å². The second kappa shape index (κ2) is 10.4. The zero-order valence-electron chi connectivity index (χ0n) is 17.3. The molecule has 4 nitrogen and oxygen atoms in total. The summed E-state index contributed by atoms with van der Waals surface area (Å²) in [6.07, 6.45) is 3.64. The molecule has 1 saturated heterocycles. The molecule has 4 atom stereocenters. The first-order valence-corrected chi connectivity index (χ1v) is 10.4. The maximum Gasteiger partial charge on any atom is 0.191 e. The van der Waals surface area contributed by atoms with Gasteiger partial charge in [-0.05, 0) is 37.3 Å². The maximum atomic E-state index is 6.15. The number of guanidine groups is 1. The monoisotopic (exact) mass is 505 g/mol. The predicted molar refractivity (Wildman–Crippen MR) is 130 cm³/mol. The number of aryl methyl sites for hydroxylation is 1. The molecule has 4 rings (SSSR count). The first-order chi connectivity index (χ1) is 13.7. The van der Waals surface area contributed by atoms with E-state index in [9.17, 15) is 0 Å². The average Bonchev–Trinajstić information content (AvgIpc) is 3.52. The van der Waals surface area contributed by atoms with E-state index in [4.69, 9.17) is 4.74 Å². The van der Waals surface area contributed by atoms with Gasteiger partial charge >= 0.3 is 0 Å². The van der Waals surface area contributed by atoms with Crippen LogP contribution in [0.5, 0.6) is 0 Å². The van der Waals surface area contributed by atoms with Crippen LogP contribution in [0.25, 0.3) is 0 Å². The molecule has 4 unspecified atom stereocenters. The molecule has 0 amide bonds. The van der Waals surface area contributed by atoms with Gasteiger partial charge in [0.1, 0.15) is 0 Å². The molecule has 2 fully saturated rings. The SMILES string of the molecule is CN=C(NCC1CCCOC1c1ccc(C)cc1)NC1CC1c1ccccc1.I. The van der Waals surface area contributed by atoms with Crippen molar-refractivity contribution in [1.29, 1.82) is 0 Å². The molecule has 0 aromatic heterocycles. The van der Waals surface area contributed by atoms with Gasteiger partial charge in [-0.3, -0.25) is 4.99 Å². The van der Waals surface area contributed by atoms with Gasteiger partial charge in [0.05, 0.1) is 6.10 Å². The highest BCUT2D eigenvalue weighted by molar-refractivity contribution is 14.0. The summed E-state index contributed by atoms with van der Waals surface area (Å²) in [4.78, 5) is 4.44. The molecule has 5 heteroatoms. The van der Waals surface area contributed by atoms with E-state index in [1.165, 1.54) is 29.5 Å². The van der Waals surface area contributed by atoms with Crippen molar-refractivity contribution >= 4 is 29.9 Å². The largest absolute Gasteiger partial charge is 0.373 e. The zero-order valence-corrected chi connectivity index (χ0v) is 19.6. The van der Waals surface area contributed by atoms with E-state index in [1.807, 2.05) is 7.05 Å². The van der Waals surface area contributed by atoms with Crippen molar-refractivity contribution in [3.63, 3.8) is 0 Å². The van der Waals surface area contributed by atoms with Crippen LogP contribution in [0.15, 0.2) is 59.6 Å². The lowest BCUT2D eigenvalue weighted by molar-refractivity contribution is -0.0265. The van der Waals surface area contributed by atoms with Crippen molar-refractivity contribution in [3.05, 3.63) is 71.3 Å². The normalized spacial score (nSPS) is 26.3. The second-order valence-corrected chi connectivity index (χ2v) is 8.06. The third-order valence-corrected chi connectivity index (χ3v) is 5.95. The van der Waals surface area contributed by atoms with Gasteiger partial charge in [-0.15, -0.1) is 24.0 Å². The minimum absolute atomic E-state index is 0. The Morgan fingerprint density at radius 2 is 1.83 bits per heavy atom. The third-order valence-electron chi connectivity index (χ3n) is 5.95. The minimum Gasteiger partial charge on any atom is -0.373 e. The Kier molecular flexibility index (Phi) is 7.95. The lowest BCUT2D eigenvalue weighted by Crippen LogP contribution is -2.43. The van der Waals surface area contributed by atoms with E-state index in [1.54, 1.807) is 0 Å². The molecule has 2 aliphatic rings. The number of hydrogen-bond donors (Lipinski definition) is 2. The summed E-state index contributed by atoms with van der Waals surface area (Å²) >= 11 is 0. The molecule has 1 heterocycles. The molecule has 0 spiro atoms. The van der Waals surface area contributed by atoms with Crippen molar-refractivity contribution in [2.75, 3.05) is 20.2 Å². The van der Waals surface area contributed by atoms with Crippen LogP contribution >= 0.6 is 24.0 Å².